The summed E-state index contributed by atoms with van der Waals surface area (Å²) in [5.41, 5.74) is 7.66. The second-order valence-corrected chi connectivity index (χ2v) is 12.6. The minimum atomic E-state index is 0.423. The van der Waals surface area contributed by atoms with E-state index >= 15 is 0 Å². The molecule has 0 atom stereocenters. The fraction of sp³-hybridized carbons (Fsp3) is 0.447. The van der Waals surface area contributed by atoms with Crippen LogP contribution in [0.2, 0.25) is 0 Å². The molecule has 234 valence electrons. The van der Waals surface area contributed by atoms with Gasteiger partial charge in [0.2, 0.25) is 0 Å². The Balaban J connectivity index is 1.22. The van der Waals surface area contributed by atoms with Gasteiger partial charge in [-0.15, -0.1) is 0 Å². The Morgan fingerprint density at radius 3 is 2.84 bits per heavy atom. The molecule has 1 saturated carbocycles. The smallest absolute Gasteiger partial charge is 0.154 e. The number of pyridine rings is 1. The van der Waals surface area contributed by atoms with Crippen molar-refractivity contribution in [2.24, 2.45) is 0 Å². The fourth-order valence-corrected chi connectivity index (χ4v) is 6.96. The van der Waals surface area contributed by atoms with Gasteiger partial charge >= 0.3 is 0 Å². The van der Waals surface area contributed by atoms with E-state index in [1.54, 1.807) is 6.20 Å². The van der Waals surface area contributed by atoms with E-state index in [9.17, 15) is 5.26 Å². The lowest BCUT2D eigenvalue weighted by molar-refractivity contribution is 0.136. The molecule has 7 heteroatoms. The van der Waals surface area contributed by atoms with Gasteiger partial charge in [-0.2, -0.15) is 10.4 Å². The van der Waals surface area contributed by atoms with Crippen molar-refractivity contribution in [3.05, 3.63) is 94.7 Å². The molecule has 3 aromatic rings. The molecular formula is C38H45N5O2. The summed E-state index contributed by atoms with van der Waals surface area (Å²) in [6.07, 6.45) is 15.4. The molecule has 0 amide bonds. The average molecular weight is 604 g/mol. The Hall–Kier alpha value is -4.15. The standard InChI is InChI=1S/C38H45N5O2/c1-4-11-35-33(28(3)23-39)24-40-43(35)37-17-10-16-34(41-37)32-15-9-8-12-27(2)38(32)45-26-29-18-19-30-25-42(20-21-44-36(30)22-29)31-13-6-5-7-14-31/h10,15-19,22,24,31H,3-9,11-14,20-21,25-26H2,1-2H3. The van der Waals surface area contributed by atoms with Crippen molar-refractivity contribution >= 4 is 11.1 Å². The van der Waals surface area contributed by atoms with Crippen LogP contribution in [0.3, 0.4) is 0 Å². The molecule has 0 unspecified atom stereocenters. The first-order valence-electron chi connectivity index (χ1n) is 16.7. The van der Waals surface area contributed by atoms with Crippen LogP contribution in [-0.2, 0) is 24.3 Å². The van der Waals surface area contributed by atoms with Crippen LogP contribution in [0.25, 0.3) is 17.0 Å². The molecule has 0 radical (unpaired) electrons. The first kappa shape index (κ1) is 30.9. The van der Waals surface area contributed by atoms with E-state index in [0.29, 0.717) is 18.2 Å². The molecular weight excluding hydrogens is 558 g/mol. The van der Waals surface area contributed by atoms with E-state index in [1.807, 2.05) is 22.9 Å². The number of hydrogen-bond acceptors (Lipinski definition) is 6. The molecule has 1 aromatic carbocycles. The fourth-order valence-electron chi connectivity index (χ4n) is 6.96. The van der Waals surface area contributed by atoms with Crippen molar-refractivity contribution in [1.82, 2.24) is 19.7 Å². The number of ether oxygens (including phenoxy) is 2. The molecule has 0 N–H and O–H groups in total. The minimum absolute atomic E-state index is 0.423. The third-order valence-corrected chi connectivity index (χ3v) is 9.40. The van der Waals surface area contributed by atoms with E-state index in [0.717, 1.165) is 97.2 Å². The largest absolute Gasteiger partial charge is 0.492 e. The van der Waals surface area contributed by atoms with E-state index < -0.39 is 0 Å². The molecule has 3 aliphatic rings. The minimum Gasteiger partial charge on any atom is -0.492 e. The van der Waals surface area contributed by atoms with Crippen LogP contribution >= 0.6 is 0 Å². The van der Waals surface area contributed by atoms with E-state index in [2.05, 4.69) is 60.8 Å². The summed E-state index contributed by atoms with van der Waals surface area (Å²) in [6, 6.07) is 15.5. The summed E-state index contributed by atoms with van der Waals surface area (Å²) < 4.78 is 14.8. The highest BCUT2D eigenvalue weighted by Crippen LogP contribution is 2.34. The van der Waals surface area contributed by atoms with Crippen LogP contribution in [-0.4, -0.2) is 38.9 Å². The highest BCUT2D eigenvalue weighted by Gasteiger charge is 2.25. The molecule has 7 nitrogen and oxygen atoms in total. The predicted octanol–water partition coefficient (Wildman–Crippen LogP) is 8.34. The summed E-state index contributed by atoms with van der Waals surface area (Å²) in [7, 11) is 0. The van der Waals surface area contributed by atoms with Crippen LogP contribution < -0.4 is 4.74 Å². The van der Waals surface area contributed by atoms with Gasteiger partial charge in [0.1, 0.15) is 24.7 Å². The maximum absolute atomic E-state index is 9.48. The topological polar surface area (TPSA) is 76.2 Å². The van der Waals surface area contributed by atoms with Crippen molar-refractivity contribution in [3.8, 4) is 17.6 Å². The zero-order valence-corrected chi connectivity index (χ0v) is 26.9. The highest BCUT2D eigenvalue weighted by molar-refractivity contribution is 5.77. The lowest BCUT2D eigenvalue weighted by Gasteiger charge is -2.33. The molecule has 1 aliphatic heterocycles. The van der Waals surface area contributed by atoms with Crippen LogP contribution in [0.5, 0.6) is 5.75 Å². The number of aromatic nitrogens is 3. The molecule has 45 heavy (non-hydrogen) atoms. The Morgan fingerprint density at radius 1 is 1.16 bits per heavy atom. The van der Waals surface area contributed by atoms with Gasteiger partial charge in [0.15, 0.2) is 5.82 Å². The monoisotopic (exact) mass is 603 g/mol. The average Bonchev–Trinajstić information content (AvgIpc) is 3.24. The maximum Gasteiger partial charge on any atom is 0.154 e. The molecule has 3 heterocycles. The first-order valence-corrected chi connectivity index (χ1v) is 16.7. The molecule has 2 aromatic heterocycles. The van der Waals surface area contributed by atoms with Crippen LogP contribution in [0.4, 0.5) is 0 Å². The Labute approximate surface area is 267 Å². The number of nitrogens with zero attached hydrogens (tertiary/aromatic N) is 5. The summed E-state index contributed by atoms with van der Waals surface area (Å²) in [5.74, 6) is 2.62. The van der Waals surface area contributed by atoms with Gasteiger partial charge in [0.05, 0.1) is 29.2 Å². The number of fused-ring (bicyclic) bond motifs is 1. The molecule has 0 saturated heterocycles. The molecule has 1 fully saturated rings. The van der Waals surface area contributed by atoms with Gasteiger partial charge in [-0.25, -0.2) is 9.67 Å². The quantitative estimate of drug-likeness (QED) is 0.229. The summed E-state index contributed by atoms with van der Waals surface area (Å²) in [5, 5.41) is 14.1. The molecule has 6 rings (SSSR count). The normalized spacial score (nSPS) is 17.8. The molecule has 0 spiro atoms. The third kappa shape index (κ3) is 6.92. The number of hydrogen-bond donors (Lipinski definition) is 0. The summed E-state index contributed by atoms with van der Waals surface area (Å²) in [6.45, 7) is 11.4. The lowest BCUT2D eigenvalue weighted by Crippen LogP contribution is -2.37. The predicted molar refractivity (Wildman–Crippen MR) is 179 cm³/mol. The van der Waals surface area contributed by atoms with Crippen molar-refractivity contribution in [1.29, 1.82) is 5.26 Å². The van der Waals surface area contributed by atoms with Crippen molar-refractivity contribution in [3.63, 3.8) is 0 Å². The Morgan fingerprint density at radius 2 is 2.02 bits per heavy atom. The zero-order chi connectivity index (χ0) is 31.2. The van der Waals surface area contributed by atoms with Crippen molar-refractivity contribution < 1.29 is 9.47 Å². The van der Waals surface area contributed by atoms with E-state index in [1.165, 1.54) is 43.2 Å². The van der Waals surface area contributed by atoms with Gasteiger partial charge in [-0.3, -0.25) is 4.90 Å². The van der Waals surface area contributed by atoms with Crippen LogP contribution in [0.1, 0.15) is 99.7 Å². The SMILES string of the molecule is C=C(C#N)c1cnn(-c2cccc(C3=CCCCC(C)=C3OCc3ccc4c(c3)OCCN(C3CCCCC3)C4)n2)c1CCC. The number of nitriles is 1. The van der Waals surface area contributed by atoms with Gasteiger partial charge in [-0.1, -0.05) is 63.5 Å². The van der Waals surface area contributed by atoms with Crippen LogP contribution in [0.15, 0.2) is 66.6 Å². The zero-order valence-electron chi connectivity index (χ0n) is 26.9. The highest BCUT2D eigenvalue weighted by atomic mass is 16.5. The van der Waals surface area contributed by atoms with E-state index in [4.69, 9.17) is 14.5 Å². The van der Waals surface area contributed by atoms with Crippen molar-refractivity contribution in [2.45, 2.75) is 97.2 Å². The molecule has 2 aliphatic carbocycles. The summed E-state index contributed by atoms with van der Waals surface area (Å²) >= 11 is 0. The van der Waals surface area contributed by atoms with E-state index in [-0.39, 0.29) is 0 Å². The Bertz CT molecular complexity index is 1640. The van der Waals surface area contributed by atoms with Gasteiger partial charge < -0.3 is 9.47 Å². The van der Waals surface area contributed by atoms with Gasteiger partial charge in [-0.05, 0) is 74.8 Å². The third-order valence-electron chi connectivity index (χ3n) is 9.40. The summed E-state index contributed by atoms with van der Waals surface area (Å²) in [4.78, 5) is 7.72. The first-order chi connectivity index (χ1) is 22.1. The second kappa shape index (κ2) is 14.3. The van der Waals surface area contributed by atoms with Crippen molar-refractivity contribution in [2.75, 3.05) is 13.2 Å². The van der Waals surface area contributed by atoms with Gasteiger partial charge in [0.25, 0.3) is 0 Å². The van der Waals surface area contributed by atoms with Gasteiger partial charge in [0, 0.05) is 35.8 Å². The number of allylic oxidation sites excluding steroid dienone is 4. The van der Waals surface area contributed by atoms with Crippen LogP contribution in [0, 0.1) is 11.3 Å². The number of rotatable bonds is 9. The lowest BCUT2D eigenvalue weighted by atomic mass is 9.94. The molecule has 0 bridgehead atoms. The maximum atomic E-state index is 9.48. The second-order valence-electron chi connectivity index (χ2n) is 12.6. The number of benzene rings is 1. The Kier molecular flexibility index (Phi) is 9.81.